The van der Waals surface area contributed by atoms with E-state index in [1.54, 1.807) is 30.3 Å². The Morgan fingerprint density at radius 2 is 1.74 bits per heavy atom. The van der Waals surface area contributed by atoms with E-state index in [0.29, 0.717) is 11.3 Å². The van der Waals surface area contributed by atoms with Crippen molar-refractivity contribution in [1.29, 1.82) is 0 Å². The Bertz CT molecular complexity index is 1560. The van der Waals surface area contributed by atoms with Crippen molar-refractivity contribution in [2.45, 2.75) is 17.6 Å². The summed E-state index contributed by atoms with van der Waals surface area (Å²) in [5.41, 5.74) is 0.282. The molecule has 198 valence electrons. The fourth-order valence-corrected chi connectivity index (χ4v) is 5.18. The van der Waals surface area contributed by atoms with E-state index in [4.69, 9.17) is 14.7 Å². The van der Waals surface area contributed by atoms with Gasteiger partial charge in [0.2, 0.25) is 0 Å². The van der Waals surface area contributed by atoms with Gasteiger partial charge in [-0.15, -0.1) is 0 Å². The van der Waals surface area contributed by atoms with Gasteiger partial charge in [-0.25, -0.2) is 18.7 Å². The van der Waals surface area contributed by atoms with Crippen LogP contribution in [0.4, 0.5) is 23.7 Å². The highest BCUT2D eigenvalue weighted by Gasteiger charge is 2.34. The molecule has 0 aliphatic heterocycles. The maximum absolute atomic E-state index is 14.0. The number of sulfonamides is 1. The van der Waals surface area contributed by atoms with Crippen LogP contribution in [0.1, 0.15) is 11.1 Å². The fourth-order valence-electron chi connectivity index (χ4n) is 3.70. The average molecular weight is 548 g/mol. The number of hydrogen-bond donors (Lipinski definition) is 2. The molecule has 9 nitrogen and oxygen atoms in total. The lowest BCUT2D eigenvalue weighted by Crippen LogP contribution is -2.32. The first-order valence-corrected chi connectivity index (χ1v) is 12.3. The molecule has 0 radical (unpaired) electrons. The van der Waals surface area contributed by atoms with Crippen molar-refractivity contribution in [1.82, 2.24) is 10.5 Å². The summed E-state index contributed by atoms with van der Waals surface area (Å²) in [6, 6.07) is 16.3. The highest BCUT2D eigenvalue weighted by Crippen LogP contribution is 2.42. The van der Waals surface area contributed by atoms with Gasteiger partial charge in [-0.05, 0) is 48.0 Å². The van der Waals surface area contributed by atoms with Crippen molar-refractivity contribution in [3.8, 4) is 11.5 Å². The zero-order chi connectivity index (χ0) is 27.5. The first-order chi connectivity index (χ1) is 18.0. The number of hydrogen-bond acceptors (Lipinski definition) is 7. The van der Waals surface area contributed by atoms with Crippen molar-refractivity contribution in [3.05, 3.63) is 90.1 Å². The largest absolute Gasteiger partial charge is 0.497 e. The molecule has 0 atom stereocenters. The molecule has 4 rings (SSSR count). The Balaban J connectivity index is 2.04. The van der Waals surface area contributed by atoms with Gasteiger partial charge in [0.05, 0.1) is 35.8 Å². The zero-order valence-electron chi connectivity index (χ0n) is 19.6. The lowest BCUT2D eigenvalue weighted by Gasteiger charge is -2.27. The fraction of sp³-hybridized carbons (Fsp3) is 0.120. The van der Waals surface area contributed by atoms with Crippen LogP contribution < -0.4 is 19.3 Å². The molecule has 3 aromatic carbocycles. The topological polar surface area (TPSA) is 118 Å². The van der Waals surface area contributed by atoms with E-state index >= 15 is 0 Å². The van der Waals surface area contributed by atoms with Gasteiger partial charge in [-0.2, -0.15) is 13.2 Å². The van der Waals surface area contributed by atoms with Gasteiger partial charge in [0.25, 0.3) is 10.0 Å². The van der Waals surface area contributed by atoms with Gasteiger partial charge in [-0.1, -0.05) is 30.3 Å². The van der Waals surface area contributed by atoms with Crippen LogP contribution in [-0.2, 0) is 22.7 Å². The lowest BCUT2D eigenvalue weighted by molar-refractivity contribution is -0.137. The smallest absolute Gasteiger partial charge is 0.436 e. The number of nitrogens with one attached hydrogen (secondary N) is 1. The molecule has 0 aliphatic rings. The van der Waals surface area contributed by atoms with Gasteiger partial charge < -0.3 is 9.47 Å². The average Bonchev–Trinajstić information content (AvgIpc) is 2.91. The van der Waals surface area contributed by atoms with Gasteiger partial charge in [0, 0.05) is 5.39 Å². The minimum absolute atomic E-state index is 0.00718. The SMILES string of the molecule is COc1ccc(S(=O)(=O)N(Cc2ccccc2)c2c(OC(=O)NO)cnc3ccc(C(F)(F)F)cc23)cc1. The number of methoxy groups -OCH3 is 1. The molecule has 1 aromatic heterocycles. The summed E-state index contributed by atoms with van der Waals surface area (Å²) < 4.78 is 79.9. The van der Waals surface area contributed by atoms with Crippen LogP contribution in [-0.4, -0.2) is 31.8 Å². The third kappa shape index (κ3) is 5.48. The van der Waals surface area contributed by atoms with Crippen LogP contribution in [0.5, 0.6) is 11.5 Å². The van der Waals surface area contributed by atoms with Crippen LogP contribution in [0.2, 0.25) is 0 Å². The lowest BCUT2D eigenvalue weighted by atomic mass is 10.1. The monoisotopic (exact) mass is 547 g/mol. The predicted octanol–water partition coefficient (Wildman–Crippen LogP) is 5.14. The Kier molecular flexibility index (Phi) is 7.41. The molecular formula is C25H20F3N3O6S. The van der Waals surface area contributed by atoms with E-state index in [1.807, 2.05) is 0 Å². The molecule has 0 unspecified atom stereocenters. The summed E-state index contributed by atoms with van der Waals surface area (Å²) in [5.74, 6) is -0.122. The molecule has 2 N–H and O–H groups in total. The van der Waals surface area contributed by atoms with E-state index in [2.05, 4.69) is 4.98 Å². The maximum Gasteiger partial charge on any atom is 0.436 e. The van der Waals surface area contributed by atoms with Crippen molar-refractivity contribution in [2.75, 3.05) is 11.4 Å². The van der Waals surface area contributed by atoms with Crippen LogP contribution in [0.3, 0.4) is 0 Å². The predicted molar refractivity (Wildman–Crippen MR) is 130 cm³/mol. The van der Waals surface area contributed by atoms with Crippen LogP contribution in [0.15, 0.2) is 83.9 Å². The molecule has 0 bridgehead atoms. The molecular weight excluding hydrogens is 527 g/mol. The number of rotatable bonds is 7. The Morgan fingerprint density at radius 1 is 1.05 bits per heavy atom. The first kappa shape index (κ1) is 26.7. The number of aromatic nitrogens is 1. The number of amides is 1. The molecule has 0 spiro atoms. The minimum Gasteiger partial charge on any atom is -0.497 e. The molecule has 1 heterocycles. The molecule has 38 heavy (non-hydrogen) atoms. The number of benzene rings is 3. The third-order valence-corrected chi connectivity index (χ3v) is 7.25. The van der Waals surface area contributed by atoms with E-state index in [0.717, 1.165) is 28.7 Å². The maximum atomic E-state index is 14.0. The number of anilines is 1. The van der Waals surface area contributed by atoms with Gasteiger partial charge in [0.1, 0.15) is 11.4 Å². The summed E-state index contributed by atoms with van der Waals surface area (Å²) in [4.78, 5) is 15.7. The van der Waals surface area contributed by atoms with E-state index < -0.39 is 33.6 Å². The summed E-state index contributed by atoms with van der Waals surface area (Å²) in [6.45, 7) is -0.346. The van der Waals surface area contributed by atoms with Crippen molar-refractivity contribution >= 4 is 32.7 Å². The minimum atomic E-state index is -4.76. The van der Waals surface area contributed by atoms with Crippen LogP contribution in [0, 0.1) is 0 Å². The molecule has 0 saturated heterocycles. The number of carbonyl (C=O) groups excluding carboxylic acids is 1. The highest BCUT2D eigenvalue weighted by molar-refractivity contribution is 7.92. The summed E-state index contributed by atoms with van der Waals surface area (Å²) in [5, 5.41) is 8.72. The molecule has 0 fully saturated rings. The summed E-state index contributed by atoms with van der Waals surface area (Å²) in [6.07, 6.45) is -5.17. The normalized spacial score (nSPS) is 11.7. The van der Waals surface area contributed by atoms with Crippen LogP contribution in [0.25, 0.3) is 10.9 Å². The number of hydroxylamine groups is 1. The number of alkyl halides is 3. The zero-order valence-corrected chi connectivity index (χ0v) is 20.5. The number of nitrogens with zero attached hydrogens (tertiary/aromatic N) is 2. The standard InChI is InChI=1S/C25H20F3N3O6S/c1-36-18-8-10-19(11-9-18)38(34,35)31(15-16-5-3-2-4-6-16)23-20-13-17(25(26,27)28)7-12-21(20)29-14-22(23)37-24(32)30-33/h2-14,33H,15H2,1H3,(H,30,32). The van der Waals surface area contributed by atoms with E-state index in [-0.39, 0.29) is 28.0 Å². The molecule has 1 amide bonds. The Morgan fingerprint density at radius 3 is 2.34 bits per heavy atom. The first-order valence-electron chi connectivity index (χ1n) is 10.9. The highest BCUT2D eigenvalue weighted by atomic mass is 32.2. The number of ether oxygens (including phenoxy) is 2. The number of pyridine rings is 1. The summed E-state index contributed by atoms with van der Waals surface area (Å²) in [7, 11) is -3.08. The number of halogens is 3. The van der Waals surface area contributed by atoms with Crippen molar-refractivity contribution in [2.24, 2.45) is 0 Å². The van der Waals surface area contributed by atoms with Gasteiger partial charge in [0.15, 0.2) is 5.75 Å². The van der Waals surface area contributed by atoms with Crippen molar-refractivity contribution < 1.29 is 41.1 Å². The summed E-state index contributed by atoms with van der Waals surface area (Å²) >= 11 is 0. The second kappa shape index (κ2) is 10.6. The van der Waals surface area contributed by atoms with Gasteiger partial charge in [-0.3, -0.25) is 14.5 Å². The molecule has 0 saturated carbocycles. The molecule has 13 heteroatoms. The Hall–Kier alpha value is -4.36. The van der Waals surface area contributed by atoms with E-state index in [1.165, 1.54) is 36.9 Å². The second-order valence-electron chi connectivity index (χ2n) is 7.87. The molecule has 0 aliphatic carbocycles. The Labute approximate surface area is 215 Å². The van der Waals surface area contributed by atoms with E-state index in [9.17, 15) is 26.4 Å². The second-order valence-corrected chi connectivity index (χ2v) is 9.74. The van der Waals surface area contributed by atoms with Crippen molar-refractivity contribution in [3.63, 3.8) is 0 Å². The third-order valence-electron chi connectivity index (χ3n) is 5.49. The van der Waals surface area contributed by atoms with Gasteiger partial charge >= 0.3 is 12.3 Å². The number of carbonyl (C=O) groups is 1. The van der Waals surface area contributed by atoms with Crippen LogP contribution >= 0.6 is 0 Å². The quantitative estimate of drug-likeness (QED) is 0.243. The number of fused-ring (bicyclic) bond motifs is 1. The molecule has 4 aromatic rings.